The van der Waals surface area contributed by atoms with Gasteiger partial charge in [-0.1, -0.05) is 32.9 Å². The first kappa shape index (κ1) is 10.9. The van der Waals surface area contributed by atoms with Crippen molar-refractivity contribution in [3.63, 3.8) is 0 Å². The van der Waals surface area contributed by atoms with Gasteiger partial charge in [0.15, 0.2) is 0 Å². The van der Waals surface area contributed by atoms with Crippen LogP contribution in [-0.4, -0.2) is 9.78 Å². The number of benzene rings is 1. The SMILES string of the molecule is CC(C)(C)c1ccn(-c2ccccc2F)n1. The molecule has 0 saturated carbocycles. The van der Waals surface area contributed by atoms with Crippen LogP contribution in [0.5, 0.6) is 0 Å². The molecule has 2 rings (SSSR count). The molecule has 2 nitrogen and oxygen atoms in total. The number of hydrogen-bond donors (Lipinski definition) is 0. The zero-order valence-electron chi connectivity index (χ0n) is 9.74. The molecule has 0 fully saturated rings. The summed E-state index contributed by atoms with van der Waals surface area (Å²) in [4.78, 5) is 0. The van der Waals surface area contributed by atoms with Crippen molar-refractivity contribution in [1.29, 1.82) is 0 Å². The maximum atomic E-state index is 13.5. The van der Waals surface area contributed by atoms with Gasteiger partial charge >= 0.3 is 0 Å². The van der Waals surface area contributed by atoms with Gasteiger partial charge in [-0.2, -0.15) is 5.10 Å². The van der Waals surface area contributed by atoms with E-state index in [4.69, 9.17) is 0 Å². The predicted octanol–water partition coefficient (Wildman–Crippen LogP) is 3.31. The van der Waals surface area contributed by atoms with Crippen molar-refractivity contribution < 1.29 is 4.39 Å². The quantitative estimate of drug-likeness (QED) is 0.718. The van der Waals surface area contributed by atoms with Crippen LogP contribution in [0.1, 0.15) is 26.5 Å². The normalized spacial score (nSPS) is 11.8. The Morgan fingerprint density at radius 2 is 1.81 bits per heavy atom. The zero-order valence-corrected chi connectivity index (χ0v) is 9.74. The maximum Gasteiger partial charge on any atom is 0.148 e. The van der Waals surface area contributed by atoms with Crippen molar-refractivity contribution in [2.24, 2.45) is 0 Å². The number of aromatic nitrogens is 2. The van der Waals surface area contributed by atoms with Gasteiger partial charge in [-0.05, 0) is 18.2 Å². The van der Waals surface area contributed by atoms with Crippen LogP contribution in [0.25, 0.3) is 5.69 Å². The molecule has 0 atom stereocenters. The Morgan fingerprint density at radius 1 is 1.12 bits per heavy atom. The highest BCUT2D eigenvalue weighted by Gasteiger charge is 2.17. The van der Waals surface area contributed by atoms with E-state index in [1.54, 1.807) is 29.1 Å². The Hall–Kier alpha value is -1.64. The predicted molar refractivity (Wildman–Crippen MR) is 62.2 cm³/mol. The van der Waals surface area contributed by atoms with Gasteiger partial charge in [0, 0.05) is 11.6 Å². The summed E-state index contributed by atoms with van der Waals surface area (Å²) in [5.74, 6) is -0.258. The Morgan fingerprint density at radius 3 is 2.38 bits per heavy atom. The fourth-order valence-electron chi connectivity index (χ4n) is 1.50. The lowest BCUT2D eigenvalue weighted by atomic mass is 9.93. The molecule has 0 aliphatic carbocycles. The highest BCUT2D eigenvalue weighted by molar-refractivity contribution is 5.33. The van der Waals surface area contributed by atoms with Gasteiger partial charge in [0.1, 0.15) is 11.5 Å². The van der Waals surface area contributed by atoms with E-state index in [-0.39, 0.29) is 11.2 Å². The molecule has 0 aliphatic heterocycles. The molecule has 1 aromatic heterocycles. The summed E-state index contributed by atoms with van der Waals surface area (Å²) in [5.41, 5.74) is 1.42. The van der Waals surface area contributed by atoms with Crippen molar-refractivity contribution in [3.8, 4) is 5.69 Å². The monoisotopic (exact) mass is 218 g/mol. The van der Waals surface area contributed by atoms with E-state index >= 15 is 0 Å². The van der Waals surface area contributed by atoms with Crippen LogP contribution in [0.15, 0.2) is 36.5 Å². The highest BCUT2D eigenvalue weighted by Crippen LogP contribution is 2.21. The van der Waals surface area contributed by atoms with Crippen molar-refractivity contribution in [1.82, 2.24) is 9.78 Å². The van der Waals surface area contributed by atoms with Gasteiger partial charge in [0.2, 0.25) is 0 Å². The molecule has 0 N–H and O–H groups in total. The third-order valence-corrected chi connectivity index (χ3v) is 2.46. The third-order valence-electron chi connectivity index (χ3n) is 2.46. The fourth-order valence-corrected chi connectivity index (χ4v) is 1.50. The topological polar surface area (TPSA) is 17.8 Å². The minimum atomic E-state index is -0.258. The van der Waals surface area contributed by atoms with Gasteiger partial charge in [-0.15, -0.1) is 0 Å². The van der Waals surface area contributed by atoms with E-state index in [0.29, 0.717) is 5.69 Å². The molecule has 2 aromatic rings. The lowest BCUT2D eigenvalue weighted by molar-refractivity contribution is 0.555. The maximum absolute atomic E-state index is 13.5. The number of hydrogen-bond acceptors (Lipinski definition) is 1. The summed E-state index contributed by atoms with van der Waals surface area (Å²) in [7, 11) is 0. The van der Waals surface area contributed by atoms with Crippen LogP contribution in [0.2, 0.25) is 0 Å². The highest BCUT2D eigenvalue weighted by atomic mass is 19.1. The number of para-hydroxylation sites is 1. The summed E-state index contributed by atoms with van der Waals surface area (Å²) < 4.78 is 15.1. The number of halogens is 1. The average Bonchev–Trinajstić information content (AvgIpc) is 2.66. The van der Waals surface area contributed by atoms with Gasteiger partial charge in [-0.3, -0.25) is 0 Å². The molecule has 1 heterocycles. The third kappa shape index (κ3) is 1.98. The van der Waals surface area contributed by atoms with E-state index < -0.39 is 0 Å². The smallest absolute Gasteiger partial charge is 0.148 e. The molecule has 0 saturated heterocycles. The van der Waals surface area contributed by atoms with Crippen LogP contribution in [0.4, 0.5) is 4.39 Å². The first-order valence-electron chi connectivity index (χ1n) is 5.29. The van der Waals surface area contributed by atoms with E-state index in [1.165, 1.54) is 6.07 Å². The van der Waals surface area contributed by atoms with Crippen molar-refractivity contribution in [2.45, 2.75) is 26.2 Å². The Balaban J connectivity index is 2.44. The molecule has 0 radical (unpaired) electrons. The minimum Gasteiger partial charge on any atom is -0.238 e. The summed E-state index contributed by atoms with van der Waals surface area (Å²) in [5, 5.41) is 4.39. The van der Waals surface area contributed by atoms with Crippen LogP contribution in [-0.2, 0) is 5.41 Å². The lowest BCUT2D eigenvalue weighted by Gasteiger charge is -2.14. The first-order valence-corrected chi connectivity index (χ1v) is 5.29. The van der Waals surface area contributed by atoms with Crippen LogP contribution < -0.4 is 0 Å². The van der Waals surface area contributed by atoms with Gasteiger partial charge in [-0.25, -0.2) is 9.07 Å². The van der Waals surface area contributed by atoms with Gasteiger partial charge in [0.05, 0.1) is 5.69 Å². The fraction of sp³-hybridized carbons (Fsp3) is 0.308. The second-order valence-corrected chi connectivity index (χ2v) is 4.85. The molecule has 1 aromatic carbocycles. The zero-order chi connectivity index (χ0) is 11.8. The van der Waals surface area contributed by atoms with E-state index in [1.807, 2.05) is 6.07 Å². The van der Waals surface area contributed by atoms with Crippen LogP contribution in [0, 0.1) is 5.82 Å². The number of nitrogens with zero attached hydrogens (tertiary/aromatic N) is 2. The van der Waals surface area contributed by atoms with E-state index in [9.17, 15) is 4.39 Å². The second kappa shape index (κ2) is 3.74. The Labute approximate surface area is 94.7 Å². The van der Waals surface area contributed by atoms with Crippen molar-refractivity contribution in [3.05, 3.63) is 48.0 Å². The molecule has 3 heteroatoms. The molecule has 0 amide bonds. The molecule has 16 heavy (non-hydrogen) atoms. The summed E-state index contributed by atoms with van der Waals surface area (Å²) in [6.07, 6.45) is 1.79. The summed E-state index contributed by atoms with van der Waals surface area (Å²) in [6.45, 7) is 6.25. The van der Waals surface area contributed by atoms with Crippen LogP contribution in [0.3, 0.4) is 0 Å². The van der Waals surface area contributed by atoms with Crippen molar-refractivity contribution >= 4 is 0 Å². The second-order valence-electron chi connectivity index (χ2n) is 4.85. The van der Waals surface area contributed by atoms with Gasteiger partial charge < -0.3 is 0 Å². The Bertz CT molecular complexity index is 495. The molecular formula is C13H15FN2. The average molecular weight is 218 g/mol. The summed E-state index contributed by atoms with van der Waals surface area (Å²) >= 11 is 0. The minimum absolute atomic E-state index is 0.0174. The largest absolute Gasteiger partial charge is 0.238 e. The van der Waals surface area contributed by atoms with E-state index in [0.717, 1.165) is 5.69 Å². The van der Waals surface area contributed by atoms with Crippen LogP contribution >= 0.6 is 0 Å². The molecule has 0 bridgehead atoms. The molecule has 84 valence electrons. The van der Waals surface area contributed by atoms with E-state index in [2.05, 4.69) is 25.9 Å². The first-order chi connectivity index (χ1) is 7.48. The standard InChI is InChI=1S/C13H15FN2/c1-13(2,3)12-8-9-16(15-12)11-7-5-4-6-10(11)14/h4-9H,1-3H3. The Kier molecular flexibility index (Phi) is 2.54. The summed E-state index contributed by atoms with van der Waals surface area (Å²) in [6, 6.07) is 8.55. The van der Waals surface area contributed by atoms with Gasteiger partial charge in [0.25, 0.3) is 0 Å². The number of rotatable bonds is 1. The molecule has 0 aliphatic rings. The molecule has 0 unspecified atom stereocenters. The lowest BCUT2D eigenvalue weighted by Crippen LogP contribution is -2.12. The molecular weight excluding hydrogens is 203 g/mol. The molecule has 0 spiro atoms. The van der Waals surface area contributed by atoms with Crippen molar-refractivity contribution in [2.75, 3.05) is 0 Å².